The molecule has 0 aliphatic carbocycles. The van der Waals surface area contributed by atoms with Gasteiger partial charge in [-0.3, -0.25) is 9.59 Å². The predicted molar refractivity (Wildman–Crippen MR) is 121 cm³/mol. The second-order valence-corrected chi connectivity index (χ2v) is 7.44. The summed E-state index contributed by atoms with van der Waals surface area (Å²) in [5, 5.41) is 7.13. The smallest absolute Gasteiger partial charge is 0.291 e. The molecule has 8 heteroatoms. The van der Waals surface area contributed by atoms with E-state index in [0.717, 1.165) is 5.39 Å². The molecule has 0 unspecified atom stereocenters. The van der Waals surface area contributed by atoms with Crippen molar-refractivity contribution in [3.8, 4) is 5.75 Å². The van der Waals surface area contributed by atoms with Gasteiger partial charge in [-0.2, -0.15) is 0 Å². The quantitative estimate of drug-likeness (QED) is 0.373. The lowest BCUT2D eigenvalue weighted by Gasteiger charge is -2.10. The van der Waals surface area contributed by atoms with E-state index in [1.54, 1.807) is 48.5 Å². The summed E-state index contributed by atoms with van der Waals surface area (Å²) in [5.74, 6) is -0.132. The number of hydrogen-bond acceptors (Lipinski definition) is 4. The van der Waals surface area contributed by atoms with Gasteiger partial charge in [0, 0.05) is 21.8 Å². The predicted octanol–water partition coefficient (Wildman–Crippen LogP) is 6.01. The number of carbonyl (C=O) groups excluding carboxylic acids is 2. The monoisotopic (exact) mass is 454 g/mol. The highest BCUT2D eigenvalue weighted by molar-refractivity contribution is 6.35. The highest BCUT2D eigenvalue weighted by Gasteiger charge is 2.12. The fraction of sp³-hybridized carbons (Fsp3) is 0.0435. The first-order valence-corrected chi connectivity index (χ1v) is 10.0. The van der Waals surface area contributed by atoms with Gasteiger partial charge in [-0.05, 0) is 54.6 Å². The Morgan fingerprint density at radius 3 is 2.29 bits per heavy atom. The van der Waals surface area contributed by atoms with Gasteiger partial charge in [0.1, 0.15) is 11.3 Å². The second-order valence-electron chi connectivity index (χ2n) is 6.59. The van der Waals surface area contributed by atoms with Crippen LogP contribution in [0.5, 0.6) is 5.75 Å². The number of benzene rings is 3. The van der Waals surface area contributed by atoms with E-state index in [1.807, 2.05) is 18.2 Å². The summed E-state index contributed by atoms with van der Waals surface area (Å²) < 4.78 is 11.0. The summed E-state index contributed by atoms with van der Waals surface area (Å²) in [5.41, 5.74) is 1.76. The number of halogens is 2. The molecule has 2 N–H and O–H groups in total. The van der Waals surface area contributed by atoms with Crippen LogP contribution in [0.3, 0.4) is 0 Å². The molecule has 0 radical (unpaired) electrons. The van der Waals surface area contributed by atoms with Gasteiger partial charge >= 0.3 is 0 Å². The van der Waals surface area contributed by atoms with Gasteiger partial charge in [-0.25, -0.2) is 0 Å². The number of ether oxygens (including phenoxy) is 1. The van der Waals surface area contributed by atoms with Gasteiger partial charge in [-0.1, -0.05) is 41.4 Å². The maximum absolute atomic E-state index is 12.4. The lowest BCUT2D eigenvalue weighted by atomic mass is 10.2. The van der Waals surface area contributed by atoms with Gasteiger partial charge in [0.2, 0.25) is 0 Å². The van der Waals surface area contributed by atoms with Crippen LogP contribution in [-0.2, 0) is 4.79 Å². The summed E-state index contributed by atoms with van der Waals surface area (Å²) in [4.78, 5) is 24.5. The van der Waals surface area contributed by atoms with Crippen molar-refractivity contribution >= 4 is 57.4 Å². The molecule has 0 aliphatic rings. The van der Waals surface area contributed by atoms with E-state index in [1.165, 1.54) is 6.07 Å². The first-order chi connectivity index (χ1) is 15.0. The van der Waals surface area contributed by atoms with Crippen molar-refractivity contribution in [1.82, 2.24) is 0 Å². The molecular weight excluding hydrogens is 439 g/mol. The number of carbonyl (C=O) groups is 2. The number of amides is 2. The summed E-state index contributed by atoms with van der Waals surface area (Å²) in [7, 11) is 0. The number of fused-ring (bicyclic) bond motifs is 1. The SMILES string of the molecule is O=C(COc1ccc(Cl)cc1Cl)Nc1ccc(NC(=O)c2cc3ccccc3o2)cc1. The average molecular weight is 455 g/mol. The minimum Gasteiger partial charge on any atom is -0.482 e. The third-order valence-electron chi connectivity index (χ3n) is 4.33. The molecule has 6 nitrogen and oxygen atoms in total. The molecule has 156 valence electrons. The average Bonchev–Trinajstić information content (AvgIpc) is 3.19. The molecule has 0 saturated carbocycles. The largest absolute Gasteiger partial charge is 0.482 e. The lowest BCUT2D eigenvalue weighted by Crippen LogP contribution is -2.20. The number of nitrogens with one attached hydrogen (secondary N) is 2. The Bertz CT molecular complexity index is 1220. The van der Waals surface area contributed by atoms with E-state index < -0.39 is 0 Å². The molecule has 0 atom stereocenters. The molecule has 4 aromatic rings. The van der Waals surface area contributed by atoms with Gasteiger partial charge in [0.15, 0.2) is 12.4 Å². The van der Waals surface area contributed by atoms with Crippen molar-refractivity contribution in [3.63, 3.8) is 0 Å². The molecule has 0 saturated heterocycles. The van der Waals surface area contributed by atoms with E-state index in [4.69, 9.17) is 32.4 Å². The van der Waals surface area contributed by atoms with Gasteiger partial charge < -0.3 is 19.8 Å². The molecule has 0 spiro atoms. The fourth-order valence-electron chi connectivity index (χ4n) is 2.86. The van der Waals surface area contributed by atoms with Crippen LogP contribution in [0.15, 0.2) is 77.2 Å². The Morgan fingerprint density at radius 2 is 1.58 bits per heavy atom. The molecule has 0 aliphatic heterocycles. The molecule has 4 rings (SSSR count). The van der Waals surface area contributed by atoms with E-state index in [0.29, 0.717) is 32.8 Å². The Labute approximate surface area is 187 Å². The zero-order valence-corrected chi connectivity index (χ0v) is 17.5. The normalized spacial score (nSPS) is 10.6. The first kappa shape index (κ1) is 20.8. The highest BCUT2D eigenvalue weighted by Crippen LogP contribution is 2.27. The van der Waals surface area contributed by atoms with Gasteiger partial charge in [0.25, 0.3) is 11.8 Å². The van der Waals surface area contributed by atoms with Crippen molar-refractivity contribution < 1.29 is 18.7 Å². The number of rotatable bonds is 6. The van der Waals surface area contributed by atoms with Crippen LogP contribution in [0.4, 0.5) is 11.4 Å². The van der Waals surface area contributed by atoms with Gasteiger partial charge in [0.05, 0.1) is 5.02 Å². The summed E-state index contributed by atoms with van der Waals surface area (Å²) in [6.07, 6.45) is 0. The van der Waals surface area contributed by atoms with Crippen LogP contribution in [0, 0.1) is 0 Å². The Balaban J connectivity index is 1.32. The number of hydrogen-bond donors (Lipinski definition) is 2. The summed E-state index contributed by atoms with van der Waals surface area (Å²) in [6.45, 7) is -0.216. The Hall–Kier alpha value is -3.48. The van der Waals surface area contributed by atoms with E-state index in [-0.39, 0.29) is 24.2 Å². The molecule has 2 amide bonds. The zero-order chi connectivity index (χ0) is 21.8. The van der Waals surface area contributed by atoms with E-state index >= 15 is 0 Å². The van der Waals surface area contributed by atoms with Crippen LogP contribution in [0.25, 0.3) is 11.0 Å². The van der Waals surface area contributed by atoms with Crippen LogP contribution in [-0.4, -0.2) is 18.4 Å². The van der Waals surface area contributed by atoms with Crippen molar-refractivity contribution in [2.75, 3.05) is 17.2 Å². The standard InChI is InChI=1S/C23H16Cl2N2O4/c24-15-5-10-20(18(25)12-15)30-13-22(28)26-16-6-8-17(9-7-16)27-23(29)21-11-14-3-1-2-4-19(14)31-21/h1-12H,13H2,(H,26,28)(H,27,29). The van der Waals surface area contributed by atoms with E-state index in [2.05, 4.69) is 10.6 Å². The highest BCUT2D eigenvalue weighted by atomic mass is 35.5. The van der Waals surface area contributed by atoms with Crippen molar-refractivity contribution in [2.45, 2.75) is 0 Å². The van der Waals surface area contributed by atoms with Gasteiger partial charge in [-0.15, -0.1) is 0 Å². The zero-order valence-electron chi connectivity index (χ0n) is 16.0. The number of furan rings is 1. The lowest BCUT2D eigenvalue weighted by molar-refractivity contribution is -0.118. The second kappa shape index (κ2) is 9.12. The molecule has 0 bridgehead atoms. The molecule has 0 fully saturated rings. The molecule has 31 heavy (non-hydrogen) atoms. The van der Waals surface area contributed by atoms with Crippen molar-refractivity contribution in [2.24, 2.45) is 0 Å². The van der Waals surface area contributed by atoms with E-state index in [9.17, 15) is 9.59 Å². The summed E-state index contributed by atoms with van der Waals surface area (Å²) >= 11 is 11.9. The van der Waals surface area contributed by atoms with Crippen molar-refractivity contribution in [3.05, 3.63) is 88.6 Å². The fourth-order valence-corrected chi connectivity index (χ4v) is 3.32. The molecular formula is C23H16Cl2N2O4. The minimum absolute atomic E-state index is 0.216. The van der Waals surface area contributed by atoms with Crippen LogP contribution >= 0.6 is 23.2 Å². The minimum atomic E-state index is -0.360. The number of anilines is 2. The molecule has 3 aromatic carbocycles. The Kier molecular flexibility index (Phi) is 6.11. The molecule has 1 heterocycles. The summed E-state index contributed by atoms with van der Waals surface area (Å²) in [6, 6.07) is 20.5. The molecule has 1 aromatic heterocycles. The Morgan fingerprint density at radius 1 is 0.871 bits per heavy atom. The maximum Gasteiger partial charge on any atom is 0.291 e. The topological polar surface area (TPSA) is 80.6 Å². The van der Waals surface area contributed by atoms with Crippen LogP contribution < -0.4 is 15.4 Å². The third-order valence-corrected chi connectivity index (χ3v) is 4.86. The van der Waals surface area contributed by atoms with Crippen molar-refractivity contribution in [1.29, 1.82) is 0 Å². The van der Waals surface area contributed by atoms with Crippen LogP contribution in [0.2, 0.25) is 10.0 Å². The van der Waals surface area contributed by atoms with Crippen LogP contribution in [0.1, 0.15) is 10.6 Å². The first-order valence-electron chi connectivity index (χ1n) is 9.25. The maximum atomic E-state index is 12.4. The number of para-hydroxylation sites is 1. The third kappa shape index (κ3) is 5.17.